The molecule has 0 radical (unpaired) electrons. The minimum Gasteiger partial charge on any atom is -0.0732 e. The Labute approximate surface area is 328 Å². The Hall–Kier alpha value is -5.46. The lowest BCUT2D eigenvalue weighted by Crippen LogP contribution is -2.30. The lowest BCUT2D eigenvalue weighted by atomic mass is 9.72. The molecule has 0 aliphatic heterocycles. The fourth-order valence-electron chi connectivity index (χ4n) is 9.18. The van der Waals surface area contributed by atoms with Crippen LogP contribution in [-0.4, -0.2) is 0 Å². The Morgan fingerprint density at radius 1 is 0.564 bits per heavy atom. The number of benzene rings is 6. The molecule has 0 bridgehead atoms. The average molecular weight is 715 g/mol. The monoisotopic (exact) mass is 714 g/mol. The summed E-state index contributed by atoms with van der Waals surface area (Å²) in [6.45, 7) is 19.0. The van der Waals surface area contributed by atoms with Crippen LogP contribution >= 0.6 is 0 Å². The van der Waals surface area contributed by atoms with Crippen molar-refractivity contribution in [1.29, 1.82) is 0 Å². The molecule has 55 heavy (non-hydrogen) atoms. The standard InChI is InChI=1S/C55H54/c1-36-21-15-19-29-43(36)46-33-41-34-47-49(40-27-17-18-28-40)52(44-30-20-16-22-37(44)2)53(55(6,7)8)50(51(47)45(41)35-48(46)54(3,4)5)42(31-38-23-11-9-12-24-38)32-39-25-13-10-14-26-39/h9-30,33-35,40H,31-32H2,1-8H3. The van der Waals surface area contributed by atoms with Crippen LogP contribution in [0.15, 0.2) is 146 Å². The Morgan fingerprint density at radius 2 is 1.09 bits per heavy atom. The molecule has 0 saturated carbocycles. The maximum absolute atomic E-state index is 2.58. The van der Waals surface area contributed by atoms with E-state index in [1.165, 1.54) is 93.2 Å². The molecule has 0 saturated heterocycles. The van der Waals surface area contributed by atoms with Crippen molar-refractivity contribution in [3.05, 3.63) is 211 Å². The summed E-state index contributed by atoms with van der Waals surface area (Å²) in [7, 11) is 0. The van der Waals surface area contributed by atoms with Gasteiger partial charge in [0.1, 0.15) is 0 Å². The van der Waals surface area contributed by atoms with Crippen LogP contribution in [0.2, 0.25) is 0 Å². The highest BCUT2D eigenvalue weighted by Crippen LogP contribution is 2.44. The second-order valence-corrected chi connectivity index (χ2v) is 17.8. The second-order valence-electron chi connectivity index (χ2n) is 17.8. The van der Waals surface area contributed by atoms with Crippen molar-refractivity contribution in [3.8, 4) is 22.3 Å². The van der Waals surface area contributed by atoms with E-state index in [0.717, 1.165) is 12.8 Å². The lowest BCUT2D eigenvalue weighted by molar-refractivity contribution is 0.585. The third-order valence-electron chi connectivity index (χ3n) is 11.7. The number of allylic oxidation sites excluding steroid dienone is 4. The molecule has 0 N–H and O–H groups in total. The van der Waals surface area contributed by atoms with Crippen LogP contribution in [0.25, 0.3) is 33.9 Å². The van der Waals surface area contributed by atoms with Crippen LogP contribution in [0.5, 0.6) is 0 Å². The van der Waals surface area contributed by atoms with Crippen LogP contribution in [0.4, 0.5) is 0 Å². The molecule has 6 aromatic carbocycles. The number of aryl methyl sites for hydroxylation is 2. The second kappa shape index (κ2) is 14.3. The molecule has 0 heteroatoms. The fraction of sp³-hybridized carbons (Fsp3) is 0.236. The van der Waals surface area contributed by atoms with Crippen LogP contribution in [0.3, 0.4) is 0 Å². The number of fused-ring (bicyclic) bond motifs is 2. The molecule has 2 aliphatic carbocycles. The summed E-state index contributed by atoms with van der Waals surface area (Å²) in [5.41, 5.74) is 17.6. The number of rotatable bonds is 7. The predicted molar refractivity (Wildman–Crippen MR) is 236 cm³/mol. The van der Waals surface area contributed by atoms with E-state index in [2.05, 4.69) is 207 Å². The van der Waals surface area contributed by atoms with Crippen molar-refractivity contribution < 1.29 is 0 Å². The Kier molecular flexibility index (Phi) is 9.50. The highest BCUT2D eigenvalue weighted by Gasteiger charge is 2.32. The zero-order chi connectivity index (χ0) is 38.5. The first-order chi connectivity index (χ1) is 26.4. The molecule has 2 aliphatic rings. The van der Waals surface area contributed by atoms with Gasteiger partial charge in [-0.15, -0.1) is 0 Å². The molecule has 0 heterocycles. The van der Waals surface area contributed by atoms with Gasteiger partial charge in [-0.1, -0.05) is 181 Å². The van der Waals surface area contributed by atoms with Crippen LogP contribution in [0.1, 0.15) is 92.0 Å². The smallest absolute Gasteiger partial charge is 0.0217 e. The Bertz CT molecular complexity index is 2650. The topological polar surface area (TPSA) is 0 Å². The number of hydrogen-bond acceptors (Lipinski definition) is 0. The van der Waals surface area contributed by atoms with Gasteiger partial charge < -0.3 is 0 Å². The molecular weight excluding hydrogens is 661 g/mol. The van der Waals surface area contributed by atoms with Crippen molar-refractivity contribution in [2.75, 3.05) is 0 Å². The molecule has 0 aromatic heterocycles. The van der Waals surface area contributed by atoms with E-state index in [1.54, 1.807) is 0 Å². The van der Waals surface area contributed by atoms with Crippen molar-refractivity contribution in [2.24, 2.45) is 0 Å². The first-order valence-electron chi connectivity index (χ1n) is 20.1. The van der Waals surface area contributed by atoms with E-state index in [0.29, 0.717) is 0 Å². The van der Waals surface area contributed by atoms with Gasteiger partial charge in [0.05, 0.1) is 0 Å². The third-order valence-corrected chi connectivity index (χ3v) is 11.7. The van der Waals surface area contributed by atoms with Gasteiger partial charge in [0, 0.05) is 5.92 Å². The summed E-state index contributed by atoms with van der Waals surface area (Å²) in [6, 6.07) is 45.3. The molecule has 0 nitrogen and oxygen atoms in total. The molecular formula is C55H54. The summed E-state index contributed by atoms with van der Waals surface area (Å²) in [4.78, 5) is 0. The van der Waals surface area contributed by atoms with E-state index in [4.69, 9.17) is 0 Å². The first-order valence-corrected chi connectivity index (χ1v) is 20.1. The van der Waals surface area contributed by atoms with E-state index in [1.807, 2.05) is 0 Å². The molecule has 0 amide bonds. The van der Waals surface area contributed by atoms with Crippen molar-refractivity contribution in [2.45, 2.75) is 85.0 Å². The van der Waals surface area contributed by atoms with Gasteiger partial charge in [0.2, 0.25) is 0 Å². The van der Waals surface area contributed by atoms with E-state index >= 15 is 0 Å². The zero-order valence-electron chi connectivity index (χ0n) is 33.9. The fourth-order valence-corrected chi connectivity index (χ4v) is 9.18. The highest BCUT2D eigenvalue weighted by atomic mass is 14.4. The minimum atomic E-state index is -0.169. The molecule has 274 valence electrons. The lowest BCUT2D eigenvalue weighted by Gasteiger charge is -2.31. The van der Waals surface area contributed by atoms with Crippen LogP contribution in [0, 0.1) is 24.3 Å². The highest BCUT2D eigenvalue weighted by molar-refractivity contribution is 5.84. The van der Waals surface area contributed by atoms with Gasteiger partial charge in [-0.05, 0) is 143 Å². The van der Waals surface area contributed by atoms with Gasteiger partial charge in [0.25, 0.3) is 0 Å². The molecule has 6 aromatic rings. The largest absolute Gasteiger partial charge is 0.0732 e. The Balaban J connectivity index is 1.68. The quantitative estimate of drug-likeness (QED) is 0.154. The van der Waals surface area contributed by atoms with Gasteiger partial charge in [-0.3, -0.25) is 0 Å². The maximum Gasteiger partial charge on any atom is 0.0217 e. The summed E-state index contributed by atoms with van der Waals surface area (Å²) < 4.78 is 0. The molecule has 0 spiro atoms. The van der Waals surface area contributed by atoms with E-state index in [9.17, 15) is 0 Å². The van der Waals surface area contributed by atoms with Gasteiger partial charge >= 0.3 is 0 Å². The summed E-state index contributed by atoms with van der Waals surface area (Å²) in [5.74, 6) is 0.175. The molecule has 0 atom stereocenters. The van der Waals surface area contributed by atoms with Crippen LogP contribution in [-0.2, 0) is 23.7 Å². The van der Waals surface area contributed by atoms with Crippen LogP contribution < -0.4 is 10.4 Å². The maximum atomic E-state index is 2.58. The van der Waals surface area contributed by atoms with Gasteiger partial charge in [-0.25, -0.2) is 0 Å². The predicted octanol–water partition coefficient (Wildman–Crippen LogP) is 12.5. The average Bonchev–Trinajstić information content (AvgIpc) is 3.82. The first kappa shape index (κ1) is 36.5. The van der Waals surface area contributed by atoms with Gasteiger partial charge in [-0.2, -0.15) is 0 Å². The minimum absolute atomic E-state index is 0.0656. The molecule has 8 rings (SSSR count). The summed E-state index contributed by atoms with van der Waals surface area (Å²) >= 11 is 0. The number of hydrogen-bond donors (Lipinski definition) is 0. The van der Waals surface area contributed by atoms with E-state index < -0.39 is 0 Å². The molecule has 0 unspecified atom stereocenters. The molecule has 0 fully saturated rings. The normalized spacial score (nSPS) is 13.5. The summed E-state index contributed by atoms with van der Waals surface area (Å²) in [5, 5.41) is 5.52. The van der Waals surface area contributed by atoms with E-state index in [-0.39, 0.29) is 16.7 Å². The summed E-state index contributed by atoms with van der Waals surface area (Å²) in [6.07, 6.45) is 13.6. The Morgan fingerprint density at radius 3 is 1.62 bits per heavy atom. The SMILES string of the molecule is Cc1ccccc1-c1cc2c(cc1C(C)(C)C)=c1c(c(C3C=CC=C3)c(-c3ccccc3C)c(C(C)(C)C)c1=C(Cc1ccccc1)Cc1ccccc1)C=2. The van der Waals surface area contributed by atoms with Crippen molar-refractivity contribution in [1.82, 2.24) is 0 Å². The van der Waals surface area contributed by atoms with Crippen molar-refractivity contribution in [3.63, 3.8) is 0 Å². The third kappa shape index (κ3) is 6.89. The zero-order valence-corrected chi connectivity index (χ0v) is 33.9. The van der Waals surface area contributed by atoms with Crippen molar-refractivity contribution >= 4 is 11.6 Å². The van der Waals surface area contributed by atoms with Gasteiger partial charge in [0.15, 0.2) is 0 Å².